The van der Waals surface area contributed by atoms with Gasteiger partial charge in [-0.15, -0.1) is 0 Å². The van der Waals surface area contributed by atoms with Gasteiger partial charge in [-0.3, -0.25) is 4.79 Å². The van der Waals surface area contributed by atoms with Crippen LogP contribution in [0, 0.1) is 5.92 Å². The van der Waals surface area contributed by atoms with Crippen molar-refractivity contribution in [3.63, 3.8) is 0 Å². The maximum atomic E-state index is 12.6. The summed E-state index contributed by atoms with van der Waals surface area (Å²) in [7, 11) is 0. The molecule has 2 aliphatic carbocycles. The van der Waals surface area contributed by atoms with E-state index in [9.17, 15) is 4.79 Å². The first-order valence-corrected chi connectivity index (χ1v) is 8.02. The Morgan fingerprint density at radius 1 is 0.833 bits per heavy atom. The molecule has 2 saturated carbocycles. The van der Waals surface area contributed by atoms with Crippen molar-refractivity contribution >= 4 is 5.91 Å². The lowest BCUT2D eigenvalue weighted by Gasteiger charge is -2.42. The molecule has 0 N–H and O–H groups in total. The Hall–Kier alpha value is -0.530. The molecule has 0 unspecified atom stereocenters. The summed E-state index contributed by atoms with van der Waals surface area (Å²) in [6, 6.07) is 1.11. The van der Waals surface area contributed by atoms with Crippen LogP contribution in [-0.2, 0) is 4.79 Å². The van der Waals surface area contributed by atoms with Crippen LogP contribution in [0.4, 0.5) is 0 Å². The topological polar surface area (TPSA) is 20.3 Å². The minimum atomic E-state index is 0.161. The van der Waals surface area contributed by atoms with E-state index in [0.717, 1.165) is 0 Å². The molecule has 0 aliphatic heterocycles. The third-order valence-corrected chi connectivity index (χ3v) is 4.68. The monoisotopic (exact) mass is 251 g/mol. The zero-order valence-electron chi connectivity index (χ0n) is 12.2. The molecule has 0 radical (unpaired) electrons. The lowest BCUT2D eigenvalue weighted by Crippen LogP contribution is -2.50. The van der Waals surface area contributed by atoms with Gasteiger partial charge in [0.2, 0.25) is 5.91 Å². The van der Waals surface area contributed by atoms with Crippen molar-refractivity contribution in [1.29, 1.82) is 0 Å². The average molecular weight is 251 g/mol. The summed E-state index contributed by atoms with van der Waals surface area (Å²) >= 11 is 0. The number of rotatable bonds is 3. The molecule has 0 heterocycles. The first kappa shape index (κ1) is 13.9. The molecule has 2 fully saturated rings. The second-order valence-corrected chi connectivity index (χ2v) is 6.48. The molecule has 0 aromatic carbocycles. The van der Waals surface area contributed by atoms with Crippen molar-refractivity contribution in [3.05, 3.63) is 0 Å². The lowest BCUT2D eigenvalue weighted by molar-refractivity contribution is -0.141. The molecule has 1 amide bonds. The molecule has 104 valence electrons. The van der Waals surface area contributed by atoms with Crippen molar-refractivity contribution in [2.75, 3.05) is 0 Å². The van der Waals surface area contributed by atoms with Gasteiger partial charge in [0.1, 0.15) is 0 Å². The number of amides is 1. The third kappa shape index (κ3) is 3.27. The molecule has 0 bridgehead atoms. The minimum Gasteiger partial charge on any atom is -0.337 e. The van der Waals surface area contributed by atoms with Crippen molar-refractivity contribution < 1.29 is 4.79 Å². The minimum absolute atomic E-state index is 0.161. The maximum Gasteiger partial charge on any atom is 0.225 e. The van der Waals surface area contributed by atoms with Gasteiger partial charge in [0.05, 0.1) is 0 Å². The maximum absolute atomic E-state index is 12.6. The lowest BCUT2D eigenvalue weighted by atomic mass is 9.88. The summed E-state index contributed by atoms with van der Waals surface area (Å²) in [6.07, 6.45) is 13.0. The molecular formula is C16H29NO. The number of carbonyl (C=O) groups excluding carboxylic acids is 1. The van der Waals surface area contributed by atoms with E-state index in [2.05, 4.69) is 18.7 Å². The predicted octanol–water partition coefficient (Wildman–Crippen LogP) is 4.14. The summed E-state index contributed by atoms with van der Waals surface area (Å²) < 4.78 is 0. The molecule has 2 heteroatoms. The molecule has 0 aromatic rings. The van der Waals surface area contributed by atoms with Gasteiger partial charge in [-0.1, -0.05) is 52.4 Å². The van der Waals surface area contributed by atoms with E-state index in [1.807, 2.05) is 0 Å². The van der Waals surface area contributed by atoms with Gasteiger partial charge in [-0.25, -0.2) is 0 Å². The highest BCUT2D eigenvalue weighted by molar-refractivity contribution is 5.78. The Kier molecular flexibility index (Phi) is 5.08. The Balaban J connectivity index is 2.07. The molecule has 0 spiro atoms. The van der Waals surface area contributed by atoms with Crippen molar-refractivity contribution in [3.8, 4) is 0 Å². The quantitative estimate of drug-likeness (QED) is 0.738. The van der Waals surface area contributed by atoms with Gasteiger partial charge in [0, 0.05) is 18.0 Å². The fourth-order valence-electron chi connectivity index (χ4n) is 3.67. The third-order valence-electron chi connectivity index (χ3n) is 4.68. The fourth-order valence-corrected chi connectivity index (χ4v) is 3.67. The number of nitrogens with zero attached hydrogens (tertiary/aromatic N) is 1. The van der Waals surface area contributed by atoms with Crippen LogP contribution in [-0.4, -0.2) is 22.9 Å². The van der Waals surface area contributed by atoms with Crippen LogP contribution >= 0.6 is 0 Å². The van der Waals surface area contributed by atoms with Crippen LogP contribution in [0.2, 0.25) is 0 Å². The van der Waals surface area contributed by atoms with Crippen LogP contribution in [0.1, 0.15) is 78.1 Å². The standard InChI is InChI=1S/C16H29NO/c1-13(2)16(18)17(14-9-5-3-6-10-14)15-11-7-4-8-12-15/h13-15H,3-12H2,1-2H3. The summed E-state index contributed by atoms with van der Waals surface area (Å²) in [5.41, 5.74) is 0. The van der Waals surface area contributed by atoms with Crippen molar-refractivity contribution in [2.45, 2.75) is 90.1 Å². The zero-order chi connectivity index (χ0) is 13.0. The summed E-state index contributed by atoms with van der Waals surface area (Å²) in [5, 5.41) is 0. The Morgan fingerprint density at radius 3 is 1.56 bits per heavy atom. The summed E-state index contributed by atoms with van der Waals surface area (Å²) in [5.74, 6) is 0.572. The molecule has 18 heavy (non-hydrogen) atoms. The zero-order valence-corrected chi connectivity index (χ0v) is 12.2. The molecule has 0 saturated heterocycles. The van der Waals surface area contributed by atoms with Crippen LogP contribution < -0.4 is 0 Å². The number of hydrogen-bond donors (Lipinski definition) is 0. The van der Waals surface area contributed by atoms with E-state index in [4.69, 9.17) is 0 Å². The Morgan fingerprint density at radius 2 is 1.22 bits per heavy atom. The van der Waals surface area contributed by atoms with E-state index in [1.165, 1.54) is 64.2 Å². The van der Waals surface area contributed by atoms with Crippen molar-refractivity contribution in [1.82, 2.24) is 4.90 Å². The van der Waals surface area contributed by atoms with Crippen LogP contribution in [0.5, 0.6) is 0 Å². The molecule has 2 rings (SSSR count). The fraction of sp³-hybridized carbons (Fsp3) is 0.938. The Bertz CT molecular complexity index is 244. The molecule has 2 nitrogen and oxygen atoms in total. The van der Waals surface area contributed by atoms with Crippen LogP contribution in [0.25, 0.3) is 0 Å². The first-order chi connectivity index (χ1) is 8.70. The summed E-state index contributed by atoms with van der Waals surface area (Å²) in [4.78, 5) is 14.9. The highest BCUT2D eigenvalue weighted by atomic mass is 16.2. The summed E-state index contributed by atoms with van der Waals surface area (Å²) in [6.45, 7) is 4.11. The van der Waals surface area contributed by atoms with E-state index >= 15 is 0 Å². The van der Waals surface area contributed by atoms with Gasteiger partial charge in [-0.2, -0.15) is 0 Å². The molecule has 0 atom stereocenters. The Labute approximate surface area is 112 Å². The molecular weight excluding hydrogens is 222 g/mol. The van der Waals surface area contributed by atoms with E-state index in [0.29, 0.717) is 18.0 Å². The second kappa shape index (κ2) is 6.58. The highest BCUT2D eigenvalue weighted by Crippen LogP contribution is 2.31. The van der Waals surface area contributed by atoms with Gasteiger partial charge >= 0.3 is 0 Å². The molecule has 2 aliphatic rings. The van der Waals surface area contributed by atoms with Gasteiger partial charge < -0.3 is 4.90 Å². The largest absolute Gasteiger partial charge is 0.337 e. The van der Waals surface area contributed by atoms with Crippen LogP contribution in [0.3, 0.4) is 0 Å². The van der Waals surface area contributed by atoms with Gasteiger partial charge in [0.15, 0.2) is 0 Å². The van der Waals surface area contributed by atoms with Crippen LogP contribution in [0.15, 0.2) is 0 Å². The first-order valence-electron chi connectivity index (χ1n) is 8.02. The van der Waals surface area contributed by atoms with Gasteiger partial charge in [-0.05, 0) is 25.7 Å². The normalized spacial score (nSPS) is 23.3. The molecule has 0 aromatic heterocycles. The number of hydrogen-bond acceptors (Lipinski definition) is 1. The average Bonchev–Trinajstić information content (AvgIpc) is 2.41. The second-order valence-electron chi connectivity index (χ2n) is 6.48. The number of carbonyl (C=O) groups is 1. The van der Waals surface area contributed by atoms with Gasteiger partial charge in [0.25, 0.3) is 0 Å². The highest BCUT2D eigenvalue weighted by Gasteiger charge is 2.33. The SMILES string of the molecule is CC(C)C(=O)N(C1CCCCC1)C1CCCCC1. The predicted molar refractivity (Wildman–Crippen MR) is 75.4 cm³/mol. The van der Waals surface area contributed by atoms with E-state index < -0.39 is 0 Å². The smallest absolute Gasteiger partial charge is 0.225 e. The van der Waals surface area contributed by atoms with Crippen molar-refractivity contribution in [2.24, 2.45) is 5.92 Å². The van der Waals surface area contributed by atoms with E-state index in [1.54, 1.807) is 0 Å². The van der Waals surface area contributed by atoms with E-state index in [-0.39, 0.29) is 5.92 Å².